The minimum atomic E-state index is -0.890. The molecule has 0 aliphatic carbocycles. The number of hydrogen-bond donors (Lipinski definition) is 2. The smallest absolute Gasteiger partial charge is 0.328 e. The van der Waals surface area contributed by atoms with Gasteiger partial charge in [0, 0.05) is 31.8 Å². The molecule has 1 rings (SSSR count). The van der Waals surface area contributed by atoms with Crippen molar-refractivity contribution >= 4 is 5.97 Å². The van der Waals surface area contributed by atoms with E-state index in [2.05, 4.69) is 4.90 Å². The maximum Gasteiger partial charge on any atom is 0.328 e. The van der Waals surface area contributed by atoms with Crippen LogP contribution in [0.15, 0.2) is 12.2 Å². The lowest BCUT2D eigenvalue weighted by molar-refractivity contribution is -0.131. The summed E-state index contributed by atoms with van der Waals surface area (Å²) in [4.78, 5) is 12.3. The van der Waals surface area contributed by atoms with Gasteiger partial charge in [-0.15, -0.1) is 0 Å². The van der Waals surface area contributed by atoms with E-state index in [0.29, 0.717) is 6.54 Å². The highest BCUT2D eigenvalue weighted by Crippen LogP contribution is 2.05. The van der Waals surface area contributed by atoms with Crippen molar-refractivity contribution in [3.63, 3.8) is 0 Å². The van der Waals surface area contributed by atoms with E-state index in [4.69, 9.17) is 10.8 Å². The highest BCUT2D eigenvalue weighted by Gasteiger charge is 2.16. The molecule has 4 heteroatoms. The SMILES string of the molecule is N[C@H]1CCN(C/C=C/C(=O)O)C1. The number of carboxylic acids is 1. The lowest BCUT2D eigenvalue weighted by Crippen LogP contribution is -2.26. The zero-order chi connectivity index (χ0) is 8.97. The third-order valence-electron chi connectivity index (χ3n) is 1.93. The molecule has 3 N–H and O–H groups in total. The first-order chi connectivity index (χ1) is 5.68. The van der Waals surface area contributed by atoms with Gasteiger partial charge in [0.15, 0.2) is 0 Å². The average molecular weight is 170 g/mol. The van der Waals surface area contributed by atoms with Crippen molar-refractivity contribution in [2.45, 2.75) is 12.5 Å². The van der Waals surface area contributed by atoms with E-state index in [1.165, 1.54) is 6.08 Å². The van der Waals surface area contributed by atoms with Crippen LogP contribution in [0.2, 0.25) is 0 Å². The largest absolute Gasteiger partial charge is 0.478 e. The Morgan fingerprint density at radius 1 is 1.75 bits per heavy atom. The van der Waals surface area contributed by atoms with Crippen molar-refractivity contribution in [2.75, 3.05) is 19.6 Å². The first-order valence-electron chi connectivity index (χ1n) is 4.06. The number of carboxylic acid groups (broad SMARTS) is 1. The van der Waals surface area contributed by atoms with Crippen molar-refractivity contribution in [3.8, 4) is 0 Å². The predicted molar refractivity (Wildman–Crippen MR) is 45.8 cm³/mol. The van der Waals surface area contributed by atoms with Crippen molar-refractivity contribution in [1.82, 2.24) is 4.90 Å². The molecule has 0 bridgehead atoms. The summed E-state index contributed by atoms with van der Waals surface area (Å²) in [5, 5.41) is 8.31. The van der Waals surface area contributed by atoms with Gasteiger partial charge in [-0.2, -0.15) is 0 Å². The number of likely N-dealkylation sites (tertiary alicyclic amines) is 1. The molecule has 1 fully saturated rings. The predicted octanol–water partition coefficient (Wildman–Crippen LogP) is -0.340. The molecule has 0 unspecified atom stereocenters. The van der Waals surface area contributed by atoms with Crippen LogP contribution in [0, 0.1) is 0 Å². The van der Waals surface area contributed by atoms with E-state index in [-0.39, 0.29) is 6.04 Å². The molecule has 12 heavy (non-hydrogen) atoms. The van der Waals surface area contributed by atoms with E-state index in [1.807, 2.05) is 0 Å². The molecule has 0 radical (unpaired) electrons. The van der Waals surface area contributed by atoms with Gasteiger partial charge < -0.3 is 10.8 Å². The molecule has 0 amide bonds. The summed E-state index contributed by atoms with van der Waals surface area (Å²) in [6, 6.07) is 0.267. The fourth-order valence-corrected chi connectivity index (χ4v) is 1.33. The van der Waals surface area contributed by atoms with Crippen LogP contribution < -0.4 is 5.73 Å². The second-order valence-electron chi connectivity index (χ2n) is 3.05. The van der Waals surface area contributed by atoms with Crippen LogP contribution >= 0.6 is 0 Å². The third-order valence-corrected chi connectivity index (χ3v) is 1.93. The third kappa shape index (κ3) is 3.02. The van der Waals surface area contributed by atoms with Gasteiger partial charge in [-0.3, -0.25) is 4.90 Å². The Kier molecular flexibility index (Phi) is 3.25. The molecule has 0 aromatic rings. The standard InChI is InChI=1S/C8H14N2O2/c9-7-3-5-10(6-7)4-1-2-8(11)12/h1-2,7H,3-6,9H2,(H,11,12)/b2-1+/t7-/m0/s1. The number of aliphatic carboxylic acids is 1. The Labute approximate surface area is 71.7 Å². The van der Waals surface area contributed by atoms with Gasteiger partial charge in [-0.1, -0.05) is 6.08 Å². The van der Waals surface area contributed by atoms with Gasteiger partial charge in [0.05, 0.1) is 0 Å². The van der Waals surface area contributed by atoms with Crippen molar-refractivity contribution in [2.24, 2.45) is 5.73 Å². The second kappa shape index (κ2) is 4.23. The highest BCUT2D eigenvalue weighted by atomic mass is 16.4. The van der Waals surface area contributed by atoms with Gasteiger partial charge in [0.2, 0.25) is 0 Å². The number of nitrogens with two attached hydrogens (primary N) is 1. The topological polar surface area (TPSA) is 66.6 Å². The van der Waals surface area contributed by atoms with Crippen LogP contribution in [-0.2, 0) is 4.79 Å². The summed E-state index contributed by atoms with van der Waals surface area (Å²) in [6.45, 7) is 2.55. The Morgan fingerprint density at radius 3 is 3.00 bits per heavy atom. The second-order valence-corrected chi connectivity index (χ2v) is 3.05. The summed E-state index contributed by atoms with van der Waals surface area (Å²) < 4.78 is 0. The number of nitrogens with zero attached hydrogens (tertiary/aromatic N) is 1. The zero-order valence-corrected chi connectivity index (χ0v) is 6.94. The molecule has 1 saturated heterocycles. The van der Waals surface area contributed by atoms with Gasteiger partial charge in [0.1, 0.15) is 0 Å². The van der Waals surface area contributed by atoms with Crippen LogP contribution in [0.25, 0.3) is 0 Å². The van der Waals surface area contributed by atoms with E-state index < -0.39 is 5.97 Å². The Hall–Kier alpha value is -0.870. The summed E-state index contributed by atoms with van der Waals surface area (Å²) in [7, 11) is 0. The van der Waals surface area contributed by atoms with Crippen molar-refractivity contribution in [3.05, 3.63) is 12.2 Å². The van der Waals surface area contributed by atoms with E-state index in [1.54, 1.807) is 6.08 Å². The lowest BCUT2D eigenvalue weighted by Gasteiger charge is -2.10. The first-order valence-corrected chi connectivity index (χ1v) is 4.06. The summed E-state index contributed by atoms with van der Waals surface area (Å²) in [6.07, 6.45) is 3.84. The molecule has 0 aromatic heterocycles. The molecular formula is C8H14N2O2. The van der Waals surface area contributed by atoms with Crippen LogP contribution in [0.1, 0.15) is 6.42 Å². The molecule has 1 atom stereocenters. The summed E-state index contributed by atoms with van der Waals surface area (Å²) in [5.74, 6) is -0.890. The number of carbonyl (C=O) groups is 1. The van der Waals surface area contributed by atoms with Crippen molar-refractivity contribution in [1.29, 1.82) is 0 Å². The van der Waals surface area contributed by atoms with Crippen LogP contribution in [0.5, 0.6) is 0 Å². The maximum absolute atomic E-state index is 10.1. The average Bonchev–Trinajstić information content (AvgIpc) is 2.35. The minimum absolute atomic E-state index is 0.267. The quantitative estimate of drug-likeness (QED) is 0.569. The van der Waals surface area contributed by atoms with Gasteiger partial charge >= 0.3 is 5.97 Å². The number of rotatable bonds is 3. The minimum Gasteiger partial charge on any atom is -0.478 e. The zero-order valence-electron chi connectivity index (χ0n) is 6.94. The Balaban J connectivity index is 2.20. The van der Waals surface area contributed by atoms with Crippen molar-refractivity contribution < 1.29 is 9.90 Å². The molecule has 1 heterocycles. The van der Waals surface area contributed by atoms with Gasteiger partial charge in [-0.05, 0) is 6.42 Å². The van der Waals surface area contributed by atoms with Crippen LogP contribution in [0.4, 0.5) is 0 Å². The van der Waals surface area contributed by atoms with Gasteiger partial charge in [0.25, 0.3) is 0 Å². The first kappa shape index (κ1) is 9.22. The normalized spacial score (nSPS) is 25.2. The monoisotopic (exact) mass is 170 g/mol. The van der Waals surface area contributed by atoms with E-state index in [0.717, 1.165) is 19.5 Å². The molecule has 0 spiro atoms. The Bertz CT molecular complexity index is 191. The van der Waals surface area contributed by atoms with E-state index in [9.17, 15) is 4.79 Å². The highest BCUT2D eigenvalue weighted by molar-refractivity contribution is 5.79. The maximum atomic E-state index is 10.1. The summed E-state index contributed by atoms with van der Waals surface area (Å²) in [5.41, 5.74) is 5.67. The fourth-order valence-electron chi connectivity index (χ4n) is 1.33. The van der Waals surface area contributed by atoms with Crippen LogP contribution in [0.3, 0.4) is 0 Å². The molecule has 4 nitrogen and oxygen atoms in total. The Morgan fingerprint density at radius 2 is 2.50 bits per heavy atom. The van der Waals surface area contributed by atoms with Crippen LogP contribution in [-0.4, -0.2) is 41.7 Å². The summed E-state index contributed by atoms with van der Waals surface area (Å²) >= 11 is 0. The van der Waals surface area contributed by atoms with Gasteiger partial charge in [-0.25, -0.2) is 4.79 Å². The lowest BCUT2D eigenvalue weighted by atomic mass is 10.3. The van der Waals surface area contributed by atoms with E-state index >= 15 is 0 Å². The number of hydrogen-bond acceptors (Lipinski definition) is 3. The molecule has 0 aromatic carbocycles. The molecular weight excluding hydrogens is 156 g/mol. The molecule has 0 saturated carbocycles. The molecule has 68 valence electrons. The fraction of sp³-hybridized carbons (Fsp3) is 0.625. The molecule has 1 aliphatic rings. The molecule has 1 aliphatic heterocycles.